The van der Waals surface area contributed by atoms with Crippen LogP contribution in [0.4, 0.5) is 0 Å². The molecule has 3 heteroatoms. The summed E-state index contributed by atoms with van der Waals surface area (Å²) in [7, 11) is 0. The van der Waals surface area contributed by atoms with Gasteiger partial charge >= 0.3 is 0 Å². The maximum atomic E-state index is 11.3. The van der Waals surface area contributed by atoms with Crippen LogP contribution in [0.1, 0.15) is 69.9 Å². The second kappa shape index (κ2) is 12.4. The number of hydrogen-bond donors (Lipinski definition) is 0. The van der Waals surface area contributed by atoms with Gasteiger partial charge in [0.05, 0.1) is 5.57 Å². The first-order chi connectivity index (χ1) is 14.3. The fourth-order valence-corrected chi connectivity index (χ4v) is 3.92. The van der Waals surface area contributed by atoms with Crippen LogP contribution in [-0.2, 0) is 16.5 Å². The largest absolute Gasteiger partial charge is 0.493 e. The molecule has 0 radical (unpaired) electrons. The molecule has 0 saturated heterocycles. The Kier molecular flexibility index (Phi) is 9.97. The number of rotatable bonds is 10. The monoisotopic (exact) mass is 442 g/mol. The Bertz CT molecular complexity index is 908. The maximum absolute atomic E-state index is 11.3. The Morgan fingerprint density at radius 2 is 1.37 bits per heavy atom. The fourth-order valence-electron chi connectivity index (χ4n) is 3.92. The molecule has 0 saturated carbocycles. The van der Waals surface area contributed by atoms with Crippen molar-refractivity contribution in [1.82, 2.24) is 0 Å². The number of unbranched alkanes of at least 4 members (excludes halogenated alkanes) is 4. The second-order valence-corrected chi connectivity index (χ2v) is 7.64. The minimum absolute atomic E-state index is 0. The normalized spacial score (nSPS) is 14.0. The molecule has 2 aromatic carbocycles. The van der Waals surface area contributed by atoms with Crippen LogP contribution in [0.2, 0.25) is 0 Å². The van der Waals surface area contributed by atoms with Gasteiger partial charge in [0.25, 0.3) is 0 Å². The van der Waals surface area contributed by atoms with Gasteiger partial charge in [0.2, 0.25) is 11.4 Å². The molecule has 1 aliphatic heterocycles. The van der Waals surface area contributed by atoms with Gasteiger partial charge in [-0.05, 0) is 43.5 Å². The maximum Gasteiger partial charge on any atom is 0.215 e. The number of benzene rings is 2. The summed E-state index contributed by atoms with van der Waals surface area (Å²) in [6.45, 7) is 4.44. The van der Waals surface area contributed by atoms with Crippen molar-refractivity contribution in [1.29, 1.82) is 0 Å². The molecular formula is C27H32N2Ni. The number of hydrogen-bond acceptors (Lipinski definition) is 0. The standard InChI is InChI=1S/C27H32N2.Ni/c1-3-5-7-15-21-25-24(20-10-6-4-2)26(22-16-11-8-12-17-22)29(28)27(25)23-18-13-9-14-19-23;/h8-14,16-20H,3-7,15,21H2,1-2H3;/b20-10+;. The van der Waals surface area contributed by atoms with Crippen LogP contribution >= 0.6 is 0 Å². The molecule has 0 fully saturated rings. The quantitative estimate of drug-likeness (QED) is 0.201. The number of allylic oxidation sites excluding steroid dienone is 4. The van der Waals surface area contributed by atoms with Crippen LogP contribution in [0.25, 0.3) is 16.9 Å². The van der Waals surface area contributed by atoms with Gasteiger partial charge in [0.15, 0.2) is 0 Å². The molecule has 0 bridgehead atoms. The van der Waals surface area contributed by atoms with E-state index >= 15 is 0 Å². The second-order valence-electron chi connectivity index (χ2n) is 7.64. The molecule has 2 nitrogen and oxygen atoms in total. The first kappa shape index (κ1) is 24.0. The van der Waals surface area contributed by atoms with Gasteiger partial charge in [-0.25, -0.2) is 4.70 Å². The predicted molar refractivity (Wildman–Crippen MR) is 123 cm³/mol. The Labute approximate surface area is 191 Å². The molecule has 1 heterocycles. The molecule has 0 atom stereocenters. The van der Waals surface area contributed by atoms with Crippen molar-refractivity contribution in [3.8, 4) is 0 Å². The summed E-state index contributed by atoms with van der Waals surface area (Å²) in [5, 5.41) is 0. The van der Waals surface area contributed by atoms with E-state index in [4.69, 9.17) is 0 Å². The summed E-state index contributed by atoms with van der Waals surface area (Å²) >= 11 is 0. The van der Waals surface area contributed by atoms with Crippen LogP contribution in [-0.4, -0.2) is 4.70 Å². The minimum atomic E-state index is 0. The van der Waals surface area contributed by atoms with Crippen molar-refractivity contribution >= 4 is 11.4 Å². The zero-order chi connectivity index (χ0) is 20.5. The summed E-state index contributed by atoms with van der Waals surface area (Å²) < 4.78 is 1.42. The molecule has 0 N–H and O–H groups in total. The van der Waals surface area contributed by atoms with Crippen molar-refractivity contribution in [2.24, 2.45) is 0 Å². The Balaban J connectivity index is 0.00000320. The van der Waals surface area contributed by atoms with Crippen LogP contribution in [0.15, 0.2) is 84.0 Å². The first-order valence-corrected chi connectivity index (χ1v) is 11.0. The molecule has 0 aromatic heterocycles. The van der Waals surface area contributed by atoms with Gasteiger partial charge in [0.1, 0.15) is 0 Å². The molecule has 1 aliphatic rings. The van der Waals surface area contributed by atoms with E-state index in [0.29, 0.717) is 0 Å². The average molecular weight is 443 g/mol. The molecule has 3 rings (SSSR count). The van der Waals surface area contributed by atoms with Crippen molar-refractivity contribution < 1.29 is 21.2 Å². The molecular weight excluding hydrogens is 411 g/mol. The Morgan fingerprint density at radius 3 is 1.93 bits per heavy atom. The van der Waals surface area contributed by atoms with Crippen molar-refractivity contribution in [3.63, 3.8) is 0 Å². The molecule has 0 unspecified atom stereocenters. The van der Waals surface area contributed by atoms with Crippen molar-refractivity contribution in [2.75, 3.05) is 0 Å². The van der Waals surface area contributed by atoms with Gasteiger partial charge in [0, 0.05) is 33.2 Å². The van der Waals surface area contributed by atoms with E-state index in [0.717, 1.165) is 53.8 Å². The van der Waals surface area contributed by atoms with E-state index in [1.54, 1.807) is 0 Å². The van der Waals surface area contributed by atoms with Crippen LogP contribution in [0.3, 0.4) is 0 Å². The first-order valence-electron chi connectivity index (χ1n) is 11.0. The van der Waals surface area contributed by atoms with Gasteiger partial charge < -0.3 is 5.53 Å². The Morgan fingerprint density at radius 1 is 0.767 bits per heavy atom. The van der Waals surface area contributed by atoms with Crippen molar-refractivity contribution in [3.05, 3.63) is 101 Å². The van der Waals surface area contributed by atoms with E-state index in [-0.39, 0.29) is 16.5 Å². The number of nitrogens with zero attached hydrogens (tertiary/aromatic N) is 2. The molecule has 0 amide bonds. The van der Waals surface area contributed by atoms with Gasteiger partial charge in [-0.15, -0.1) is 0 Å². The van der Waals surface area contributed by atoms with Crippen LogP contribution in [0, 0.1) is 0 Å². The zero-order valence-corrected chi connectivity index (χ0v) is 19.1. The van der Waals surface area contributed by atoms with Crippen molar-refractivity contribution in [2.45, 2.75) is 58.8 Å². The van der Waals surface area contributed by atoms with E-state index in [2.05, 4.69) is 50.3 Å². The smallest absolute Gasteiger partial charge is 0.215 e. The Hall–Kier alpha value is -2.25. The summed E-state index contributed by atoms with van der Waals surface area (Å²) in [6.07, 6.45) is 12.4. The fraction of sp³-hybridized carbons (Fsp3) is 0.333. The SMILES string of the molecule is CCC/C=C/C1=C(c2ccccc2)[N+](=[N-])C(c2ccccc2)=C1CCCCCC.[Ni]. The predicted octanol–water partition coefficient (Wildman–Crippen LogP) is 8.18. The summed E-state index contributed by atoms with van der Waals surface area (Å²) in [5.41, 5.74) is 17.7. The van der Waals surface area contributed by atoms with Crippen LogP contribution in [0.5, 0.6) is 0 Å². The third kappa shape index (κ3) is 5.67. The third-order valence-corrected chi connectivity index (χ3v) is 5.40. The summed E-state index contributed by atoms with van der Waals surface area (Å²) in [4.78, 5) is 0. The molecule has 0 aliphatic carbocycles. The molecule has 160 valence electrons. The minimum Gasteiger partial charge on any atom is -0.493 e. The molecule has 30 heavy (non-hydrogen) atoms. The van der Waals surface area contributed by atoms with E-state index in [1.165, 1.54) is 29.5 Å². The topological polar surface area (TPSA) is 25.3 Å². The average Bonchev–Trinajstić information content (AvgIpc) is 3.04. The van der Waals surface area contributed by atoms with E-state index in [9.17, 15) is 5.53 Å². The van der Waals surface area contributed by atoms with E-state index in [1.807, 2.05) is 36.4 Å². The summed E-state index contributed by atoms with van der Waals surface area (Å²) in [5.74, 6) is 0. The molecule has 0 spiro atoms. The summed E-state index contributed by atoms with van der Waals surface area (Å²) in [6, 6.07) is 20.5. The van der Waals surface area contributed by atoms with Gasteiger partial charge in [-0.2, -0.15) is 0 Å². The van der Waals surface area contributed by atoms with Crippen LogP contribution < -0.4 is 0 Å². The zero-order valence-electron chi connectivity index (χ0n) is 18.1. The molecule has 2 aromatic rings. The van der Waals surface area contributed by atoms with Gasteiger partial charge in [-0.3, -0.25) is 0 Å². The van der Waals surface area contributed by atoms with Gasteiger partial charge in [-0.1, -0.05) is 88.1 Å². The third-order valence-electron chi connectivity index (χ3n) is 5.40. The van der Waals surface area contributed by atoms with E-state index < -0.39 is 0 Å².